The minimum atomic E-state index is 0.282. The number of anilines is 1. The van der Waals surface area contributed by atoms with Crippen LogP contribution in [0.5, 0.6) is 0 Å². The van der Waals surface area contributed by atoms with E-state index in [1.807, 2.05) is 18.3 Å². The van der Waals surface area contributed by atoms with Crippen molar-refractivity contribution in [2.75, 3.05) is 19.0 Å². The van der Waals surface area contributed by atoms with Crippen molar-refractivity contribution in [3.8, 4) is 0 Å². The second-order valence-corrected chi connectivity index (χ2v) is 6.81. The van der Waals surface area contributed by atoms with Crippen LogP contribution in [0.2, 0.25) is 0 Å². The number of imidazole rings is 1. The zero-order chi connectivity index (χ0) is 14.8. The Kier molecular flexibility index (Phi) is 4.31. The van der Waals surface area contributed by atoms with Gasteiger partial charge in [-0.15, -0.1) is 11.3 Å². The molecule has 2 unspecified atom stereocenters. The molecule has 2 heterocycles. The Labute approximate surface area is 130 Å². The molecule has 0 bridgehead atoms. The Morgan fingerprint density at radius 2 is 2.43 bits per heavy atom. The number of aromatic nitrogens is 2. The first-order chi connectivity index (χ1) is 10.2. The number of nitrogens with one attached hydrogen (secondary N) is 1. The number of rotatable bonds is 5. The molecule has 1 aliphatic carbocycles. The molecule has 21 heavy (non-hydrogen) atoms. The van der Waals surface area contributed by atoms with E-state index in [0.717, 1.165) is 11.6 Å². The Balaban J connectivity index is 1.83. The van der Waals surface area contributed by atoms with Crippen LogP contribution in [-0.4, -0.2) is 23.3 Å². The second-order valence-electron chi connectivity index (χ2n) is 5.81. The van der Waals surface area contributed by atoms with Crippen molar-refractivity contribution in [3.63, 3.8) is 0 Å². The van der Waals surface area contributed by atoms with Gasteiger partial charge in [0.25, 0.3) is 0 Å². The lowest BCUT2D eigenvalue weighted by Crippen LogP contribution is -2.20. The highest BCUT2D eigenvalue weighted by molar-refractivity contribution is 7.10. The molecule has 0 spiro atoms. The standard InChI is InChI=1S/C16H23N3OS/c1-11-9-19(12(2)10-20-3)16(17-11)18-14-5-4-6-15-13(14)7-8-21-15/h7-9,12,14H,4-6,10H2,1-3H3,(H,17,18). The van der Waals surface area contributed by atoms with Crippen LogP contribution in [0.25, 0.3) is 0 Å². The van der Waals surface area contributed by atoms with E-state index in [4.69, 9.17) is 4.74 Å². The fourth-order valence-electron chi connectivity index (χ4n) is 3.07. The molecule has 0 fully saturated rings. The van der Waals surface area contributed by atoms with Crippen LogP contribution < -0.4 is 5.32 Å². The fourth-order valence-corrected chi connectivity index (χ4v) is 4.06. The lowest BCUT2D eigenvalue weighted by Gasteiger charge is -2.25. The Morgan fingerprint density at radius 1 is 1.57 bits per heavy atom. The van der Waals surface area contributed by atoms with Crippen LogP contribution in [0.4, 0.5) is 5.95 Å². The van der Waals surface area contributed by atoms with Crippen molar-refractivity contribution < 1.29 is 4.74 Å². The molecule has 2 aromatic heterocycles. The van der Waals surface area contributed by atoms with Gasteiger partial charge >= 0.3 is 0 Å². The molecule has 5 heteroatoms. The summed E-state index contributed by atoms with van der Waals surface area (Å²) in [5.41, 5.74) is 2.50. The first-order valence-corrected chi connectivity index (χ1v) is 8.44. The maximum absolute atomic E-state index is 5.28. The summed E-state index contributed by atoms with van der Waals surface area (Å²) in [5.74, 6) is 0.959. The average molecular weight is 305 g/mol. The van der Waals surface area contributed by atoms with E-state index in [1.54, 1.807) is 7.11 Å². The van der Waals surface area contributed by atoms with E-state index < -0.39 is 0 Å². The van der Waals surface area contributed by atoms with E-state index in [1.165, 1.54) is 29.7 Å². The van der Waals surface area contributed by atoms with Crippen LogP contribution in [-0.2, 0) is 11.2 Å². The number of hydrogen-bond donors (Lipinski definition) is 1. The zero-order valence-electron chi connectivity index (χ0n) is 12.9. The minimum absolute atomic E-state index is 0.282. The summed E-state index contributed by atoms with van der Waals surface area (Å²) in [6.07, 6.45) is 5.74. The zero-order valence-corrected chi connectivity index (χ0v) is 13.7. The molecule has 1 aliphatic rings. The number of hydrogen-bond acceptors (Lipinski definition) is 4. The molecule has 1 N–H and O–H groups in total. The van der Waals surface area contributed by atoms with Gasteiger partial charge in [-0.1, -0.05) is 0 Å². The lowest BCUT2D eigenvalue weighted by molar-refractivity contribution is 0.163. The Morgan fingerprint density at radius 3 is 3.24 bits per heavy atom. The van der Waals surface area contributed by atoms with Gasteiger partial charge in [0.15, 0.2) is 0 Å². The first-order valence-electron chi connectivity index (χ1n) is 7.56. The Hall–Kier alpha value is -1.33. The third-order valence-corrected chi connectivity index (χ3v) is 5.09. The molecule has 114 valence electrons. The van der Waals surface area contributed by atoms with Crippen LogP contribution in [0.15, 0.2) is 17.6 Å². The highest BCUT2D eigenvalue weighted by atomic mass is 32.1. The van der Waals surface area contributed by atoms with Gasteiger partial charge in [-0.2, -0.15) is 0 Å². The highest BCUT2D eigenvalue weighted by Crippen LogP contribution is 2.35. The summed E-state index contributed by atoms with van der Waals surface area (Å²) < 4.78 is 7.48. The maximum Gasteiger partial charge on any atom is 0.203 e. The van der Waals surface area contributed by atoms with Gasteiger partial charge in [0, 0.05) is 18.2 Å². The molecule has 0 radical (unpaired) electrons. The smallest absolute Gasteiger partial charge is 0.203 e. The van der Waals surface area contributed by atoms with E-state index in [2.05, 4.69) is 39.4 Å². The third kappa shape index (κ3) is 2.99. The van der Waals surface area contributed by atoms with Gasteiger partial charge in [-0.3, -0.25) is 0 Å². The minimum Gasteiger partial charge on any atom is -0.383 e. The number of methoxy groups -OCH3 is 1. The van der Waals surface area contributed by atoms with E-state index in [0.29, 0.717) is 12.6 Å². The molecule has 0 saturated heterocycles. The number of nitrogens with zero attached hydrogens (tertiary/aromatic N) is 2. The van der Waals surface area contributed by atoms with Gasteiger partial charge in [-0.05, 0) is 50.1 Å². The van der Waals surface area contributed by atoms with Gasteiger partial charge < -0.3 is 14.6 Å². The molecule has 0 amide bonds. The lowest BCUT2D eigenvalue weighted by atomic mass is 9.94. The van der Waals surface area contributed by atoms with E-state index in [-0.39, 0.29) is 6.04 Å². The molecule has 4 nitrogen and oxygen atoms in total. The first kappa shape index (κ1) is 14.6. The fraction of sp³-hybridized carbons (Fsp3) is 0.562. The summed E-state index contributed by atoms with van der Waals surface area (Å²) in [4.78, 5) is 6.19. The van der Waals surface area contributed by atoms with Gasteiger partial charge in [0.05, 0.1) is 24.4 Å². The summed E-state index contributed by atoms with van der Waals surface area (Å²) in [7, 11) is 1.74. The van der Waals surface area contributed by atoms with Gasteiger partial charge in [0.1, 0.15) is 0 Å². The summed E-state index contributed by atoms with van der Waals surface area (Å²) in [6, 6.07) is 2.93. The van der Waals surface area contributed by atoms with Crippen molar-refractivity contribution in [2.45, 2.75) is 45.2 Å². The Bertz CT molecular complexity index is 604. The number of ether oxygens (including phenoxy) is 1. The van der Waals surface area contributed by atoms with E-state index in [9.17, 15) is 0 Å². The van der Waals surface area contributed by atoms with Crippen molar-refractivity contribution >= 4 is 17.3 Å². The SMILES string of the molecule is COCC(C)n1cc(C)nc1NC1CCCc2sccc21. The van der Waals surface area contributed by atoms with Crippen LogP contribution >= 0.6 is 11.3 Å². The van der Waals surface area contributed by atoms with Crippen LogP contribution in [0, 0.1) is 6.92 Å². The van der Waals surface area contributed by atoms with Crippen molar-refractivity contribution in [1.29, 1.82) is 0 Å². The van der Waals surface area contributed by atoms with Crippen LogP contribution in [0.3, 0.4) is 0 Å². The molecular weight excluding hydrogens is 282 g/mol. The topological polar surface area (TPSA) is 39.1 Å². The molecule has 0 aromatic carbocycles. The molecule has 3 rings (SSSR count). The number of fused-ring (bicyclic) bond motifs is 1. The monoisotopic (exact) mass is 305 g/mol. The number of thiophene rings is 1. The highest BCUT2D eigenvalue weighted by Gasteiger charge is 2.23. The maximum atomic E-state index is 5.28. The average Bonchev–Trinajstić information content (AvgIpc) is 3.06. The molecule has 2 atom stereocenters. The van der Waals surface area contributed by atoms with E-state index >= 15 is 0 Å². The number of aryl methyl sites for hydroxylation is 2. The molecule has 0 saturated carbocycles. The molecule has 2 aromatic rings. The van der Waals surface area contributed by atoms with Crippen molar-refractivity contribution in [3.05, 3.63) is 33.8 Å². The summed E-state index contributed by atoms with van der Waals surface area (Å²) >= 11 is 1.88. The van der Waals surface area contributed by atoms with Crippen molar-refractivity contribution in [1.82, 2.24) is 9.55 Å². The van der Waals surface area contributed by atoms with Gasteiger partial charge in [0.2, 0.25) is 5.95 Å². The van der Waals surface area contributed by atoms with Gasteiger partial charge in [-0.25, -0.2) is 4.98 Å². The molecule has 0 aliphatic heterocycles. The predicted molar refractivity (Wildman–Crippen MR) is 87.2 cm³/mol. The van der Waals surface area contributed by atoms with Crippen molar-refractivity contribution in [2.24, 2.45) is 0 Å². The quantitative estimate of drug-likeness (QED) is 0.909. The summed E-state index contributed by atoms with van der Waals surface area (Å²) in [6.45, 7) is 4.89. The van der Waals surface area contributed by atoms with Crippen LogP contribution in [0.1, 0.15) is 48.0 Å². The third-order valence-electron chi connectivity index (χ3n) is 4.09. The normalized spacial score (nSPS) is 19.3. The summed E-state index contributed by atoms with van der Waals surface area (Å²) in [5, 5.41) is 5.86. The second kappa shape index (κ2) is 6.20. The predicted octanol–water partition coefficient (Wildman–Crippen LogP) is 3.95. The molecular formula is C16H23N3OS. The largest absolute Gasteiger partial charge is 0.383 e.